The third kappa shape index (κ3) is 2.79. The molecule has 0 aromatic heterocycles. The van der Waals surface area contributed by atoms with E-state index in [1.807, 2.05) is 14.0 Å². The zero-order valence-electron chi connectivity index (χ0n) is 11.7. The van der Waals surface area contributed by atoms with Crippen LogP contribution in [0.15, 0.2) is 12.1 Å². The van der Waals surface area contributed by atoms with Crippen LogP contribution >= 0.6 is 0 Å². The monoisotopic (exact) mass is 236 g/mol. The third-order valence-corrected chi connectivity index (χ3v) is 3.54. The Labute approximate surface area is 104 Å². The van der Waals surface area contributed by atoms with E-state index in [0.717, 1.165) is 11.3 Å². The van der Waals surface area contributed by atoms with Gasteiger partial charge in [-0.3, -0.25) is 0 Å². The first kappa shape index (κ1) is 14.0. The minimum atomic E-state index is -0.133. The molecule has 17 heavy (non-hydrogen) atoms. The standard InChI is InChI=1S/C14H24N2O/c1-9-8-12(17-6)10(2)7-11(9)13(15)14(3,4)16-5/h7-8,13,16H,15H2,1-6H3. The van der Waals surface area contributed by atoms with Crippen molar-refractivity contribution in [3.63, 3.8) is 0 Å². The van der Waals surface area contributed by atoms with E-state index in [1.54, 1.807) is 7.11 Å². The number of rotatable bonds is 4. The highest BCUT2D eigenvalue weighted by molar-refractivity contribution is 5.43. The van der Waals surface area contributed by atoms with Gasteiger partial charge >= 0.3 is 0 Å². The van der Waals surface area contributed by atoms with Crippen LogP contribution in [0.25, 0.3) is 0 Å². The van der Waals surface area contributed by atoms with Crippen LogP contribution in [0.4, 0.5) is 0 Å². The van der Waals surface area contributed by atoms with Gasteiger partial charge in [0.2, 0.25) is 0 Å². The molecule has 1 atom stereocenters. The van der Waals surface area contributed by atoms with Crippen molar-refractivity contribution in [2.45, 2.75) is 39.3 Å². The fraction of sp³-hybridized carbons (Fsp3) is 0.571. The summed E-state index contributed by atoms with van der Waals surface area (Å²) in [4.78, 5) is 0. The van der Waals surface area contributed by atoms with E-state index in [0.29, 0.717) is 0 Å². The summed E-state index contributed by atoms with van der Waals surface area (Å²) in [7, 11) is 3.63. The van der Waals surface area contributed by atoms with Crippen LogP contribution in [0.1, 0.15) is 36.6 Å². The van der Waals surface area contributed by atoms with Crippen molar-refractivity contribution in [3.05, 3.63) is 28.8 Å². The smallest absolute Gasteiger partial charge is 0.122 e. The number of aryl methyl sites for hydroxylation is 2. The topological polar surface area (TPSA) is 47.3 Å². The molecule has 96 valence electrons. The summed E-state index contributed by atoms with van der Waals surface area (Å²) in [5.41, 5.74) is 9.67. The molecule has 0 fully saturated rings. The summed E-state index contributed by atoms with van der Waals surface area (Å²) in [6.07, 6.45) is 0. The number of ether oxygens (including phenoxy) is 1. The molecule has 0 aliphatic rings. The Morgan fingerprint density at radius 1 is 1.24 bits per heavy atom. The average molecular weight is 236 g/mol. The highest BCUT2D eigenvalue weighted by Crippen LogP contribution is 2.30. The summed E-state index contributed by atoms with van der Waals surface area (Å²) in [6, 6.07) is 4.13. The molecule has 3 heteroatoms. The lowest BCUT2D eigenvalue weighted by Crippen LogP contribution is -2.46. The van der Waals surface area contributed by atoms with Crippen LogP contribution < -0.4 is 15.8 Å². The van der Waals surface area contributed by atoms with Gasteiger partial charge in [0, 0.05) is 11.6 Å². The number of likely N-dealkylation sites (N-methyl/N-ethyl adjacent to an activating group) is 1. The van der Waals surface area contributed by atoms with E-state index in [9.17, 15) is 0 Å². The van der Waals surface area contributed by atoms with E-state index >= 15 is 0 Å². The molecule has 0 spiro atoms. The normalized spacial score (nSPS) is 13.6. The Kier molecular flexibility index (Phi) is 4.17. The first-order valence-electron chi connectivity index (χ1n) is 5.93. The van der Waals surface area contributed by atoms with Gasteiger partial charge < -0.3 is 15.8 Å². The molecular weight excluding hydrogens is 212 g/mol. The van der Waals surface area contributed by atoms with Crippen molar-refractivity contribution in [2.75, 3.05) is 14.2 Å². The van der Waals surface area contributed by atoms with Crippen LogP contribution in [-0.4, -0.2) is 19.7 Å². The predicted molar refractivity (Wildman–Crippen MR) is 72.5 cm³/mol. The van der Waals surface area contributed by atoms with Gasteiger partial charge in [-0.1, -0.05) is 6.07 Å². The number of nitrogens with two attached hydrogens (primary N) is 1. The van der Waals surface area contributed by atoms with Gasteiger partial charge in [-0.2, -0.15) is 0 Å². The maximum atomic E-state index is 6.34. The van der Waals surface area contributed by atoms with Crippen molar-refractivity contribution in [1.29, 1.82) is 0 Å². The fourth-order valence-electron chi connectivity index (χ4n) is 1.91. The molecule has 1 aromatic rings. The minimum absolute atomic E-state index is 0.0443. The Bertz CT molecular complexity index is 399. The minimum Gasteiger partial charge on any atom is -0.496 e. The van der Waals surface area contributed by atoms with Crippen LogP contribution in [0.2, 0.25) is 0 Å². The lowest BCUT2D eigenvalue weighted by atomic mass is 9.86. The highest BCUT2D eigenvalue weighted by Gasteiger charge is 2.27. The number of hydrogen-bond acceptors (Lipinski definition) is 3. The second-order valence-electron chi connectivity index (χ2n) is 5.13. The predicted octanol–water partition coefficient (Wildman–Crippen LogP) is 2.31. The quantitative estimate of drug-likeness (QED) is 0.843. The summed E-state index contributed by atoms with van der Waals surface area (Å²) in [5.74, 6) is 0.917. The molecule has 0 saturated carbocycles. The zero-order chi connectivity index (χ0) is 13.2. The Balaban J connectivity index is 3.19. The van der Waals surface area contributed by atoms with Crippen molar-refractivity contribution >= 4 is 0 Å². The molecule has 0 aliphatic heterocycles. The first-order valence-corrected chi connectivity index (χ1v) is 5.93. The van der Waals surface area contributed by atoms with Crippen LogP contribution in [0.5, 0.6) is 5.75 Å². The molecule has 1 rings (SSSR count). The fourth-order valence-corrected chi connectivity index (χ4v) is 1.91. The second-order valence-corrected chi connectivity index (χ2v) is 5.13. The van der Waals surface area contributed by atoms with Crippen molar-refractivity contribution in [2.24, 2.45) is 5.73 Å². The van der Waals surface area contributed by atoms with Gasteiger partial charge in [0.15, 0.2) is 0 Å². The Morgan fingerprint density at radius 3 is 2.29 bits per heavy atom. The lowest BCUT2D eigenvalue weighted by molar-refractivity contribution is 0.347. The van der Waals surface area contributed by atoms with Gasteiger partial charge in [0.25, 0.3) is 0 Å². The van der Waals surface area contributed by atoms with Crippen LogP contribution in [0, 0.1) is 13.8 Å². The van der Waals surface area contributed by atoms with Gasteiger partial charge in [-0.25, -0.2) is 0 Å². The largest absolute Gasteiger partial charge is 0.496 e. The van der Waals surface area contributed by atoms with E-state index in [-0.39, 0.29) is 11.6 Å². The number of benzene rings is 1. The number of nitrogens with one attached hydrogen (secondary N) is 1. The molecule has 3 nitrogen and oxygen atoms in total. The maximum Gasteiger partial charge on any atom is 0.122 e. The highest BCUT2D eigenvalue weighted by atomic mass is 16.5. The van der Waals surface area contributed by atoms with E-state index in [1.165, 1.54) is 11.1 Å². The van der Waals surface area contributed by atoms with Crippen molar-refractivity contribution < 1.29 is 4.74 Å². The molecule has 0 amide bonds. The van der Waals surface area contributed by atoms with Gasteiger partial charge in [0.05, 0.1) is 7.11 Å². The molecule has 3 N–H and O–H groups in total. The Hall–Kier alpha value is -1.06. The van der Waals surface area contributed by atoms with E-state index in [4.69, 9.17) is 10.5 Å². The third-order valence-electron chi connectivity index (χ3n) is 3.54. The number of methoxy groups -OCH3 is 1. The summed E-state index contributed by atoms with van der Waals surface area (Å²) in [6.45, 7) is 8.33. The summed E-state index contributed by atoms with van der Waals surface area (Å²) >= 11 is 0. The molecule has 0 saturated heterocycles. The van der Waals surface area contributed by atoms with Crippen LogP contribution in [-0.2, 0) is 0 Å². The van der Waals surface area contributed by atoms with E-state index in [2.05, 4.69) is 38.2 Å². The lowest BCUT2D eigenvalue weighted by Gasteiger charge is -2.33. The van der Waals surface area contributed by atoms with Crippen LogP contribution in [0.3, 0.4) is 0 Å². The number of hydrogen-bond donors (Lipinski definition) is 2. The molecule has 0 aliphatic carbocycles. The van der Waals surface area contributed by atoms with Crippen molar-refractivity contribution in [3.8, 4) is 5.75 Å². The summed E-state index contributed by atoms with van der Waals surface area (Å²) < 4.78 is 5.32. The average Bonchev–Trinajstić information content (AvgIpc) is 2.30. The first-order chi connectivity index (χ1) is 7.83. The SMILES string of the molecule is CNC(C)(C)C(N)c1cc(C)c(OC)cc1C. The molecular formula is C14H24N2O. The molecule has 1 aromatic carbocycles. The summed E-state index contributed by atoms with van der Waals surface area (Å²) in [5, 5.41) is 3.26. The maximum absolute atomic E-state index is 6.34. The van der Waals surface area contributed by atoms with Gasteiger partial charge in [0.1, 0.15) is 5.75 Å². The molecule has 0 bridgehead atoms. The molecule has 1 unspecified atom stereocenters. The molecule has 0 heterocycles. The van der Waals surface area contributed by atoms with Crippen molar-refractivity contribution in [1.82, 2.24) is 5.32 Å². The van der Waals surface area contributed by atoms with E-state index < -0.39 is 0 Å². The second kappa shape index (κ2) is 5.07. The Morgan fingerprint density at radius 2 is 1.82 bits per heavy atom. The zero-order valence-corrected chi connectivity index (χ0v) is 11.7. The van der Waals surface area contributed by atoms with Gasteiger partial charge in [-0.15, -0.1) is 0 Å². The van der Waals surface area contributed by atoms with Gasteiger partial charge in [-0.05, 0) is 57.5 Å². The molecule has 0 radical (unpaired) electrons.